The molecule has 5 rings (SSSR count). The molecule has 1 aliphatic heterocycles. The van der Waals surface area contributed by atoms with E-state index >= 15 is 0 Å². The number of halogens is 1. The summed E-state index contributed by atoms with van der Waals surface area (Å²) < 4.78 is 7.47. The molecule has 1 nitrogen and oxygen atoms in total. The van der Waals surface area contributed by atoms with Gasteiger partial charge in [-0.3, -0.25) is 0 Å². The van der Waals surface area contributed by atoms with Crippen molar-refractivity contribution in [3.63, 3.8) is 0 Å². The zero-order valence-corrected chi connectivity index (χ0v) is 15.7. The Labute approximate surface area is 161 Å². The summed E-state index contributed by atoms with van der Waals surface area (Å²) >= 11 is 3.51. The number of ether oxygens (including phenoxy) is 1. The first-order valence-corrected chi connectivity index (χ1v) is 9.61. The highest BCUT2D eigenvalue weighted by Gasteiger charge is 2.33. The summed E-state index contributed by atoms with van der Waals surface area (Å²) in [6.45, 7) is 0. The highest BCUT2D eigenvalue weighted by molar-refractivity contribution is 9.10. The Morgan fingerprint density at radius 3 is 2.35 bits per heavy atom. The maximum Gasteiger partial charge on any atom is 0.131 e. The molecule has 1 heterocycles. The molecule has 26 heavy (non-hydrogen) atoms. The lowest BCUT2D eigenvalue weighted by Crippen LogP contribution is -2.08. The van der Waals surface area contributed by atoms with Crippen molar-refractivity contribution < 1.29 is 4.74 Å². The van der Waals surface area contributed by atoms with E-state index in [0.29, 0.717) is 0 Å². The van der Waals surface area contributed by atoms with Gasteiger partial charge in [-0.15, -0.1) is 0 Å². The Balaban J connectivity index is 1.64. The molecule has 0 radical (unpaired) electrons. The summed E-state index contributed by atoms with van der Waals surface area (Å²) in [6, 6.07) is 27.7. The highest BCUT2D eigenvalue weighted by atomic mass is 79.9. The molecule has 126 valence electrons. The van der Waals surface area contributed by atoms with E-state index in [0.717, 1.165) is 28.0 Å². The number of hydrogen-bond acceptors (Lipinski definition) is 1. The molecule has 0 aromatic heterocycles. The van der Waals surface area contributed by atoms with Crippen LogP contribution in [0.4, 0.5) is 0 Å². The van der Waals surface area contributed by atoms with Crippen LogP contribution in [0.25, 0.3) is 11.3 Å². The van der Waals surface area contributed by atoms with Gasteiger partial charge in [0.2, 0.25) is 0 Å². The highest BCUT2D eigenvalue weighted by Crippen LogP contribution is 2.48. The maximum absolute atomic E-state index is 6.40. The van der Waals surface area contributed by atoms with Gasteiger partial charge < -0.3 is 4.74 Å². The minimum atomic E-state index is 0.210. The van der Waals surface area contributed by atoms with Crippen LogP contribution in [0.15, 0.2) is 95.2 Å². The van der Waals surface area contributed by atoms with Gasteiger partial charge in [-0.1, -0.05) is 82.7 Å². The van der Waals surface area contributed by atoms with Crippen molar-refractivity contribution in [2.45, 2.75) is 12.3 Å². The summed E-state index contributed by atoms with van der Waals surface area (Å²) in [4.78, 5) is 0. The van der Waals surface area contributed by atoms with Gasteiger partial charge in [-0.2, -0.15) is 0 Å². The predicted octanol–water partition coefficient (Wildman–Crippen LogP) is 6.57. The average molecular weight is 401 g/mol. The van der Waals surface area contributed by atoms with E-state index in [4.69, 9.17) is 4.74 Å². The number of fused-ring (bicyclic) bond motifs is 2. The lowest BCUT2D eigenvalue weighted by atomic mass is 9.85. The van der Waals surface area contributed by atoms with Gasteiger partial charge in [-0.25, -0.2) is 0 Å². The summed E-state index contributed by atoms with van der Waals surface area (Å²) in [7, 11) is 0. The second-order valence-electron chi connectivity index (χ2n) is 6.70. The zero-order chi connectivity index (χ0) is 17.5. The lowest BCUT2D eigenvalue weighted by molar-refractivity contribution is 0.368. The van der Waals surface area contributed by atoms with Crippen molar-refractivity contribution in [2.24, 2.45) is 0 Å². The predicted molar refractivity (Wildman–Crippen MR) is 109 cm³/mol. The molecular weight excluding hydrogens is 384 g/mol. The Bertz CT molecular complexity index is 1030. The Hall–Kier alpha value is -2.58. The minimum absolute atomic E-state index is 0.210. The normalized spacial score (nSPS) is 18.0. The van der Waals surface area contributed by atoms with Crippen LogP contribution in [0, 0.1) is 0 Å². The van der Waals surface area contributed by atoms with E-state index in [-0.39, 0.29) is 5.92 Å². The minimum Gasteiger partial charge on any atom is -0.461 e. The van der Waals surface area contributed by atoms with Crippen LogP contribution in [0.2, 0.25) is 0 Å². The van der Waals surface area contributed by atoms with Crippen LogP contribution < -0.4 is 0 Å². The molecule has 1 atom stereocenters. The van der Waals surface area contributed by atoms with E-state index in [1.807, 2.05) is 0 Å². The molecule has 2 heteroatoms. The molecule has 0 spiro atoms. The first kappa shape index (κ1) is 15.7. The summed E-state index contributed by atoms with van der Waals surface area (Å²) in [5, 5.41) is 0. The molecule has 0 N–H and O–H groups in total. The molecule has 3 aromatic carbocycles. The summed E-state index contributed by atoms with van der Waals surface area (Å²) in [6.07, 6.45) is 3.13. The first-order chi connectivity index (χ1) is 12.8. The maximum atomic E-state index is 6.40. The average Bonchev–Trinajstić information content (AvgIpc) is 3.07. The van der Waals surface area contributed by atoms with Crippen LogP contribution in [-0.2, 0) is 11.2 Å². The molecule has 1 unspecified atom stereocenters. The smallest absolute Gasteiger partial charge is 0.131 e. The Morgan fingerprint density at radius 1 is 0.808 bits per heavy atom. The standard InChI is InChI=1S/C24H17BrO/c25-19-12-10-17(11-13-19)22-15-21(16-6-2-1-3-7-16)24-20-9-5-4-8-18(20)14-23(24)26-22/h1-13,15,21H,14H2. The molecule has 0 fully saturated rings. The third-order valence-corrected chi connectivity index (χ3v) is 5.64. The number of benzene rings is 3. The van der Waals surface area contributed by atoms with E-state index < -0.39 is 0 Å². The monoisotopic (exact) mass is 400 g/mol. The SMILES string of the molecule is Brc1ccc(C2=CC(c3ccccc3)C3=C(Cc4ccccc43)O2)cc1. The van der Waals surface area contributed by atoms with Gasteiger partial charge in [-0.05, 0) is 34.9 Å². The van der Waals surface area contributed by atoms with Gasteiger partial charge >= 0.3 is 0 Å². The number of rotatable bonds is 2. The van der Waals surface area contributed by atoms with Gasteiger partial charge in [0.1, 0.15) is 11.5 Å². The molecule has 0 saturated carbocycles. The summed E-state index contributed by atoms with van der Waals surface area (Å²) in [5.74, 6) is 2.24. The van der Waals surface area contributed by atoms with Crippen LogP contribution in [0.3, 0.4) is 0 Å². The van der Waals surface area contributed by atoms with Gasteiger partial charge in [0.25, 0.3) is 0 Å². The third kappa shape index (κ3) is 2.62. The molecule has 3 aromatic rings. The van der Waals surface area contributed by atoms with Gasteiger partial charge in [0.05, 0.1) is 0 Å². The van der Waals surface area contributed by atoms with Crippen molar-refractivity contribution in [3.05, 3.63) is 117 Å². The van der Waals surface area contributed by atoms with Gasteiger partial charge in [0, 0.05) is 27.9 Å². The van der Waals surface area contributed by atoms with Crippen molar-refractivity contribution in [2.75, 3.05) is 0 Å². The molecule has 0 saturated heterocycles. The van der Waals surface area contributed by atoms with Crippen molar-refractivity contribution in [3.8, 4) is 0 Å². The quantitative estimate of drug-likeness (QED) is 0.472. The second-order valence-corrected chi connectivity index (χ2v) is 7.61. The topological polar surface area (TPSA) is 9.23 Å². The van der Waals surface area contributed by atoms with Crippen LogP contribution in [-0.4, -0.2) is 0 Å². The summed E-state index contributed by atoms with van der Waals surface area (Å²) in [5.41, 5.74) is 6.39. The van der Waals surface area contributed by atoms with Crippen molar-refractivity contribution >= 4 is 27.3 Å². The molecule has 1 aliphatic carbocycles. The van der Waals surface area contributed by atoms with Gasteiger partial charge in [0.15, 0.2) is 0 Å². The fourth-order valence-electron chi connectivity index (χ4n) is 3.88. The third-order valence-electron chi connectivity index (χ3n) is 5.11. The molecule has 0 bridgehead atoms. The van der Waals surface area contributed by atoms with Crippen molar-refractivity contribution in [1.29, 1.82) is 0 Å². The Kier molecular flexibility index (Phi) is 3.79. The van der Waals surface area contributed by atoms with E-state index in [9.17, 15) is 0 Å². The van der Waals surface area contributed by atoms with Crippen LogP contribution in [0.5, 0.6) is 0 Å². The van der Waals surface area contributed by atoms with E-state index in [1.54, 1.807) is 0 Å². The number of hydrogen-bond donors (Lipinski definition) is 0. The fourth-order valence-corrected chi connectivity index (χ4v) is 4.15. The zero-order valence-electron chi connectivity index (χ0n) is 14.2. The molecule has 0 amide bonds. The van der Waals surface area contributed by atoms with Crippen LogP contribution >= 0.6 is 15.9 Å². The Morgan fingerprint density at radius 2 is 1.54 bits per heavy atom. The lowest BCUT2D eigenvalue weighted by Gasteiger charge is -2.25. The van der Waals surface area contributed by atoms with E-state index in [1.165, 1.54) is 22.3 Å². The number of allylic oxidation sites excluding steroid dienone is 3. The van der Waals surface area contributed by atoms with E-state index in [2.05, 4.69) is 101 Å². The van der Waals surface area contributed by atoms with Crippen LogP contribution in [0.1, 0.15) is 28.2 Å². The molecule has 2 aliphatic rings. The first-order valence-electron chi connectivity index (χ1n) is 8.81. The fraction of sp³-hybridized carbons (Fsp3) is 0.0833. The van der Waals surface area contributed by atoms with Crippen molar-refractivity contribution in [1.82, 2.24) is 0 Å². The second kappa shape index (κ2) is 6.30. The molecular formula is C24H17BrO. The largest absolute Gasteiger partial charge is 0.461 e.